The van der Waals surface area contributed by atoms with Gasteiger partial charge in [0.1, 0.15) is 6.10 Å². The molecule has 144 valence electrons. The highest BCUT2D eigenvalue weighted by Crippen LogP contribution is 2.40. The first-order chi connectivity index (χ1) is 12.2. The van der Waals surface area contributed by atoms with Crippen molar-refractivity contribution in [2.24, 2.45) is 0 Å². The fraction of sp³-hybridized carbons (Fsp3) is 0.667. The molecule has 1 fully saturated rings. The summed E-state index contributed by atoms with van der Waals surface area (Å²) < 4.78 is 12.3. The molecule has 0 aromatic heterocycles. The van der Waals surface area contributed by atoms with E-state index in [9.17, 15) is 0 Å². The molecule has 2 atom stereocenters. The van der Waals surface area contributed by atoms with Crippen LogP contribution < -0.4 is 0 Å². The molecule has 1 saturated heterocycles. The highest BCUT2D eigenvalue weighted by Gasteiger charge is 2.49. The van der Waals surface area contributed by atoms with Crippen LogP contribution in [0.15, 0.2) is 23.3 Å². The molecule has 2 heteroatoms. The largest absolute Gasteiger partial charge is 0.343 e. The maximum atomic E-state index is 6.24. The number of allylic oxidation sites excluding steroid dienone is 4. The van der Waals surface area contributed by atoms with Crippen LogP contribution in [0, 0.1) is 23.7 Å². The van der Waals surface area contributed by atoms with Gasteiger partial charge in [-0.05, 0) is 74.1 Å². The van der Waals surface area contributed by atoms with E-state index in [1.807, 2.05) is 27.7 Å². The zero-order valence-corrected chi connectivity index (χ0v) is 17.8. The normalized spacial score (nSPS) is 25.3. The highest BCUT2D eigenvalue weighted by atomic mass is 16.8. The zero-order valence-electron chi connectivity index (χ0n) is 17.8. The lowest BCUT2D eigenvalue weighted by atomic mass is 9.91. The Morgan fingerprint density at radius 2 is 1.62 bits per heavy atom. The van der Waals surface area contributed by atoms with Crippen LogP contribution in [0.3, 0.4) is 0 Å². The van der Waals surface area contributed by atoms with Crippen molar-refractivity contribution in [3.63, 3.8) is 0 Å². The molecule has 0 saturated carbocycles. The topological polar surface area (TPSA) is 18.5 Å². The minimum Gasteiger partial charge on any atom is -0.343 e. The molecule has 26 heavy (non-hydrogen) atoms. The predicted molar refractivity (Wildman–Crippen MR) is 111 cm³/mol. The summed E-state index contributed by atoms with van der Waals surface area (Å²) in [4.78, 5) is 0. The Labute approximate surface area is 161 Å². The Kier molecular flexibility index (Phi) is 9.21. The van der Waals surface area contributed by atoms with Gasteiger partial charge in [-0.1, -0.05) is 29.2 Å². The van der Waals surface area contributed by atoms with Crippen LogP contribution in [0.4, 0.5) is 0 Å². The van der Waals surface area contributed by atoms with Gasteiger partial charge < -0.3 is 9.47 Å². The van der Waals surface area contributed by atoms with Crippen LogP contribution in [-0.2, 0) is 9.47 Å². The second-order valence-electron chi connectivity index (χ2n) is 7.83. The SMILES string of the molecule is CC#CC/C(C)=C/CC/C(C)=C/CC[C@@]1(C)OC(C)(C)O[C@H]1CC#CC. The summed E-state index contributed by atoms with van der Waals surface area (Å²) in [5, 5.41) is 0. The van der Waals surface area contributed by atoms with Crippen LogP contribution in [0.25, 0.3) is 0 Å². The summed E-state index contributed by atoms with van der Waals surface area (Å²) >= 11 is 0. The maximum absolute atomic E-state index is 6.24. The summed E-state index contributed by atoms with van der Waals surface area (Å²) in [6.45, 7) is 14.3. The van der Waals surface area contributed by atoms with Crippen LogP contribution >= 0.6 is 0 Å². The van der Waals surface area contributed by atoms with E-state index in [0.717, 1.165) is 38.5 Å². The summed E-state index contributed by atoms with van der Waals surface area (Å²) in [6.07, 6.45) is 10.4. The molecule has 0 aromatic rings. The van der Waals surface area contributed by atoms with E-state index in [-0.39, 0.29) is 11.7 Å². The summed E-state index contributed by atoms with van der Waals surface area (Å²) in [5.74, 6) is 11.6. The van der Waals surface area contributed by atoms with Crippen molar-refractivity contribution in [3.05, 3.63) is 23.3 Å². The average molecular weight is 357 g/mol. The van der Waals surface area contributed by atoms with Crippen molar-refractivity contribution in [2.45, 2.75) is 104 Å². The molecule has 0 unspecified atom stereocenters. The lowest BCUT2D eigenvalue weighted by molar-refractivity contribution is -0.161. The summed E-state index contributed by atoms with van der Waals surface area (Å²) in [6, 6.07) is 0. The van der Waals surface area contributed by atoms with Crippen molar-refractivity contribution in [1.29, 1.82) is 0 Å². The van der Waals surface area contributed by atoms with E-state index >= 15 is 0 Å². The summed E-state index contributed by atoms with van der Waals surface area (Å²) in [5.41, 5.74) is 2.51. The number of hydrogen-bond donors (Lipinski definition) is 0. The Morgan fingerprint density at radius 3 is 2.27 bits per heavy atom. The van der Waals surface area contributed by atoms with Gasteiger partial charge in [-0.15, -0.1) is 17.8 Å². The van der Waals surface area contributed by atoms with Gasteiger partial charge in [0.05, 0.1) is 5.60 Å². The molecule has 0 aliphatic carbocycles. The van der Waals surface area contributed by atoms with Gasteiger partial charge in [-0.25, -0.2) is 0 Å². The molecule has 1 heterocycles. The van der Waals surface area contributed by atoms with Crippen LogP contribution in [0.1, 0.15) is 87.0 Å². The monoisotopic (exact) mass is 356 g/mol. The molecular weight excluding hydrogens is 320 g/mol. The van der Waals surface area contributed by atoms with Gasteiger partial charge in [0, 0.05) is 12.8 Å². The minimum atomic E-state index is -0.530. The molecule has 0 spiro atoms. The Morgan fingerprint density at radius 1 is 0.962 bits per heavy atom. The van der Waals surface area contributed by atoms with Gasteiger partial charge in [0.25, 0.3) is 0 Å². The lowest BCUT2D eigenvalue weighted by Gasteiger charge is -2.28. The maximum Gasteiger partial charge on any atom is 0.164 e. The number of hydrogen-bond acceptors (Lipinski definition) is 2. The molecule has 1 aliphatic heterocycles. The van der Waals surface area contributed by atoms with Crippen LogP contribution in [-0.4, -0.2) is 17.5 Å². The van der Waals surface area contributed by atoms with E-state index in [1.54, 1.807) is 0 Å². The van der Waals surface area contributed by atoms with Crippen LogP contribution in [0.2, 0.25) is 0 Å². The Balaban J connectivity index is 2.53. The van der Waals surface area contributed by atoms with Crippen molar-refractivity contribution in [2.75, 3.05) is 0 Å². The molecule has 0 N–H and O–H groups in total. The minimum absolute atomic E-state index is 0.0314. The molecular formula is C24H36O2. The fourth-order valence-corrected chi connectivity index (χ4v) is 3.34. The molecule has 0 amide bonds. The van der Waals surface area contributed by atoms with Gasteiger partial charge in [0.2, 0.25) is 0 Å². The second kappa shape index (κ2) is 10.6. The van der Waals surface area contributed by atoms with E-state index in [4.69, 9.17) is 9.47 Å². The zero-order chi connectivity index (χ0) is 19.6. The fourth-order valence-electron chi connectivity index (χ4n) is 3.34. The van der Waals surface area contributed by atoms with Crippen molar-refractivity contribution >= 4 is 0 Å². The molecule has 0 aromatic carbocycles. The third-order valence-corrected chi connectivity index (χ3v) is 4.76. The highest BCUT2D eigenvalue weighted by molar-refractivity contribution is 5.12. The predicted octanol–water partition coefficient (Wildman–Crippen LogP) is 6.18. The van der Waals surface area contributed by atoms with E-state index in [2.05, 4.69) is 56.6 Å². The number of ether oxygens (including phenoxy) is 2. The van der Waals surface area contributed by atoms with E-state index < -0.39 is 5.79 Å². The van der Waals surface area contributed by atoms with Gasteiger partial charge in [0.15, 0.2) is 5.79 Å². The molecule has 2 nitrogen and oxygen atoms in total. The number of rotatable bonds is 8. The quantitative estimate of drug-likeness (QED) is 0.382. The van der Waals surface area contributed by atoms with Crippen LogP contribution in [0.5, 0.6) is 0 Å². The van der Waals surface area contributed by atoms with E-state index in [1.165, 1.54) is 11.1 Å². The lowest BCUT2D eigenvalue weighted by Crippen LogP contribution is -2.36. The van der Waals surface area contributed by atoms with Gasteiger partial charge >= 0.3 is 0 Å². The Bertz CT molecular complexity index is 631. The van der Waals surface area contributed by atoms with Crippen molar-refractivity contribution in [3.8, 4) is 23.7 Å². The molecule has 1 aliphatic rings. The first-order valence-electron chi connectivity index (χ1n) is 9.71. The second-order valence-corrected chi connectivity index (χ2v) is 7.83. The Hall–Kier alpha value is -1.48. The molecule has 1 rings (SSSR count). The smallest absolute Gasteiger partial charge is 0.164 e. The van der Waals surface area contributed by atoms with E-state index in [0.29, 0.717) is 0 Å². The molecule has 0 radical (unpaired) electrons. The third-order valence-electron chi connectivity index (χ3n) is 4.76. The first kappa shape index (κ1) is 22.6. The average Bonchev–Trinajstić information content (AvgIpc) is 2.79. The first-order valence-corrected chi connectivity index (χ1v) is 9.71. The summed E-state index contributed by atoms with van der Waals surface area (Å²) in [7, 11) is 0. The van der Waals surface area contributed by atoms with Crippen molar-refractivity contribution < 1.29 is 9.47 Å². The third kappa shape index (κ3) is 7.82. The van der Waals surface area contributed by atoms with Gasteiger partial charge in [-0.2, -0.15) is 0 Å². The van der Waals surface area contributed by atoms with Crippen molar-refractivity contribution in [1.82, 2.24) is 0 Å². The standard InChI is InChI=1S/C24H36O2/c1-8-10-14-20(3)15-12-16-21(4)17-13-19-24(7)22(18-11-9-2)25-23(5,6)26-24/h15,17,22H,12-14,16,18-19H2,1-7H3/b20-15+,21-17+/t22-,24+/m0/s1. The molecule has 0 bridgehead atoms. The van der Waals surface area contributed by atoms with Gasteiger partial charge in [-0.3, -0.25) is 0 Å².